The standard InChI is InChI=1S/C31H42F2N6O/c1-7-12-26(33)25(22(5)32)20-38-18-11-17-31(6,21-38)35-29(40)16-14-24-27(8-2)36-37-30(24)23-13-15-28(34-9-3)39(10-4)19-23/h7-8,12-16,19,22H,2,9-11,17-18,20-21H2,1,3-6H3,(H,35,40)(H,36,37)/b12-7-,16-14+,26-25+,34-28?. The number of hydrogen-bond donors (Lipinski definition) is 2. The molecular formula is C31H42F2N6O. The molecule has 1 fully saturated rings. The Morgan fingerprint density at radius 1 is 1.35 bits per heavy atom. The van der Waals surface area contributed by atoms with E-state index < -0.39 is 17.5 Å². The first kappa shape index (κ1) is 30.9. The molecule has 0 aliphatic carbocycles. The van der Waals surface area contributed by atoms with E-state index in [1.165, 1.54) is 19.1 Å². The molecule has 216 valence electrons. The minimum absolute atomic E-state index is 0.124. The maximum Gasteiger partial charge on any atom is 0.244 e. The number of aromatic nitrogens is 3. The highest BCUT2D eigenvalue weighted by molar-refractivity contribution is 5.94. The highest BCUT2D eigenvalue weighted by atomic mass is 19.1. The third-order valence-electron chi connectivity index (χ3n) is 7.07. The van der Waals surface area contributed by atoms with Gasteiger partial charge in [-0.25, -0.2) is 8.78 Å². The number of allylic oxidation sites excluding steroid dienone is 3. The van der Waals surface area contributed by atoms with Gasteiger partial charge >= 0.3 is 0 Å². The second-order valence-electron chi connectivity index (χ2n) is 10.3. The molecule has 7 nitrogen and oxygen atoms in total. The Hall–Kier alpha value is -3.59. The highest BCUT2D eigenvalue weighted by Gasteiger charge is 2.33. The number of rotatable bonds is 11. The first-order valence-electron chi connectivity index (χ1n) is 13.9. The Labute approximate surface area is 236 Å². The number of aryl methyl sites for hydroxylation is 1. The molecule has 1 aliphatic heterocycles. The molecule has 40 heavy (non-hydrogen) atoms. The zero-order chi connectivity index (χ0) is 29.3. The average molecular weight is 553 g/mol. The Morgan fingerprint density at radius 2 is 2.12 bits per heavy atom. The van der Waals surface area contributed by atoms with Crippen molar-refractivity contribution in [1.82, 2.24) is 25.0 Å². The number of H-pyrrole nitrogens is 1. The molecule has 0 aromatic carbocycles. The minimum atomic E-state index is -1.39. The lowest BCUT2D eigenvalue weighted by atomic mass is 9.90. The van der Waals surface area contributed by atoms with Crippen molar-refractivity contribution in [2.75, 3.05) is 26.2 Å². The topological polar surface area (TPSA) is 78.3 Å². The van der Waals surface area contributed by atoms with Gasteiger partial charge in [0.15, 0.2) is 0 Å². The monoisotopic (exact) mass is 552 g/mol. The number of amides is 1. The van der Waals surface area contributed by atoms with Crippen LogP contribution in [0.4, 0.5) is 8.78 Å². The van der Waals surface area contributed by atoms with Crippen molar-refractivity contribution in [3.8, 4) is 11.3 Å². The van der Waals surface area contributed by atoms with Crippen LogP contribution in [0.3, 0.4) is 0 Å². The van der Waals surface area contributed by atoms with Gasteiger partial charge in [-0.3, -0.25) is 19.8 Å². The van der Waals surface area contributed by atoms with Gasteiger partial charge in [-0.15, -0.1) is 0 Å². The van der Waals surface area contributed by atoms with Crippen LogP contribution in [0, 0.1) is 0 Å². The first-order valence-corrected chi connectivity index (χ1v) is 13.9. The van der Waals surface area contributed by atoms with E-state index in [2.05, 4.69) is 38.6 Å². The molecular weight excluding hydrogens is 510 g/mol. The Balaban J connectivity index is 1.79. The zero-order valence-corrected chi connectivity index (χ0v) is 24.3. The van der Waals surface area contributed by atoms with E-state index in [0.717, 1.165) is 36.0 Å². The van der Waals surface area contributed by atoms with Gasteiger partial charge in [0, 0.05) is 55.2 Å². The molecule has 1 amide bonds. The second-order valence-corrected chi connectivity index (χ2v) is 10.3. The van der Waals surface area contributed by atoms with Crippen molar-refractivity contribution in [2.45, 2.75) is 65.7 Å². The molecule has 2 aromatic heterocycles. The predicted molar refractivity (Wildman–Crippen MR) is 159 cm³/mol. The van der Waals surface area contributed by atoms with E-state index in [1.807, 2.05) is 37.1 Å². The van der Waals surface area contributed by atoms with Crippen LogP contribution in [-0.2, 0) is 11.3 Å². The summed E-state index contributed by atoms with van der Waals surface area (Å²) in [6, 6.07) is 3.94. The molecule has 2 N–H and O–H groups in total. The van der Waals surface area contributed by atoms with E-state index in [4.69, 9.17) is 0 Å². The van der Waals surface area contributed by atoms with Crippen molar-refractivity contribution in [3.63, 3.8) is 0 Å². The van der Waals surface area contributed by atoms with Gasteiger partial charge in [-0.1, -0.05) is 12.7 Å². The fourth-order valence-corrected chi connectivity index (χ4v) is 5.11. The number of carbonyl (C=O) groups is 1. The lowest BCUT2D eigenvalue weighted by Crippen LogP contribution is -2.56. The molecule has 0 radical (unpaired) electrons. The average Bonchev–Trinajstić information content (AvgIpc) is 3.33. The molecule has 2 unspecified atom stereocenters. The van der Waals surface area contributed by atoms with E-state index >= 15 is 0 Å². The quantitative estimate of drug-likeness (QED) is 0.281. The molecule has 2 atom stereocenters. The van der Waals surface area contributed by atoms with Crippen LogP contribution < -0.4 is 10.8 Å². The largest absolute Gasteiger partial charge is 0.346 e. The summed E-state index contributed by atoms with van der Waals surface area (Å²) in [6.07, 6.45) is 9.96. The molecule has 0 saturated carbocycles. The molecule has 0 bridgehead atoms. The third kappa shape index (κ3) is 7.75. The molecule has 9 heteroatoms. The summed E-state index contributed by atoms with van der Waals surface area (Å²) in [7, 11) is 0. The van der Waals surface area contributed by atoms with Crippen molar-refractivity contribution in [1.29, 1.82) is 0 Å². The predicted octanol–water partition coefficient (Wildman–Crippen LogP) is 5.60. The summed E-state index contributed by atoms with van der Waals surface area (Å²) in [6.45, 7) is 15.8. The maximum absolute atomic E-state index is 14.5. The van der Waals surface area contributed by atoms with Crippen LogP contribution >= 0.6 is 0 Å². The summed E-state index contributed by atoms with van der Waals surface area (Å²) in [4.78, 5) is 19.6. The zero-order valence-electron chi connectivity index (χ0n) is 24.3. The number of hydrogen-bond acceptors (Lipinski definition) is 4. The van der Waals surface area contributed by atoms with Crippen LogP contribution in [0.25, 0.3) is 23.4 Å². The minimum Gasteiger partial charge on any atom is -0.346 e. The fraction of sp³-hybridized carbons (Fsp3) is 0.452. The van der Waals surface area contributed by atoms with Gasteiger partial charge in [0.1, 0.15) is 23.2 Å². The van der Waals surface area contributed by atoms with Crippen molar-refractivity contribution in [2.24, 2.45) is 4.99 Å². The number of alkyl halides is 1. The number of nitrogens with zero attached hydrogens (tertiary/aromatic N) is 4. The smallest absolute Gasteiger partial charge is 0.244 e. The third-order valence-corrected chi connectivity index (χ3v) is 7.07. The van der Waals surface area contributed by atoms with E-state index in [-0.39, 0.29) is 18.0 Å². The number of halogens is 2. The first-order chi connectivity index (χ1) is 19.1. The van der Waals surface area contributed by atoms with E-state index in [0.29, 0.717) is 31.0 Å². The summed E-state index contributed by atoms with van der Waals surface area (Å²) in [5.74, 6) is -0.786. The van der Waals surface area contributed by atoms with Crippen LogP contribution in [0.1, 0.15) is 58.7 Å². The van der Waals surface area contributed by atoms with Gasteiger partial charge in [-0.05, 0) is 84.4 Å². The van der Waals surface area contributed by atoms with Crippen LogP contribution in [0.2, 0.25) is 0 Å². The van der Waals surface area contributed by atoms with Gasteiger partial charge in [0.2, 0.25) is 5.91 Å². The van der Waals surface area contributed by atoms with Crippen molar-refractivity contribution in [3.05, 3.63) is 71.3 Å². The number of pyridine rings is 1. The molecule has 3 heterocycles. The maximum atomic E-state index is 14.5. The molecule has 2 aromatic rings. The number of piperidine rings is 1. The SMILES string of the molecule is C=Cc1[nH]nc(-c2ccc(=NCC)n(CC)c2)c1/C=C/C(=O)NC1(C)CCCN(C/C(=C(F)/C=C\C)C(C)F)C1. The Kier molecular flexibility index (Phi) is 11.0. The Morgan fingerprint density at radius 3 is 2.77 bits per heavy atom. The lowest BCUT2D eigenvalue weighted by Gasteiger charge is -2.41. The van der Waals surface area contributed by atoms with Crippen molar-refractivity contribution >= 4 is 18.1 Å². The van der Waals surface area contributed by atoms with Gasteiger partial charge in [0.25, 0.3) is 0 Å². The fourth-order valence-electron chi connectivity index (χ4n) is 5.11. The molecule has 3 rings (SSSR count). The van der Waals surface area contributed by atoms with E-state index in [9.17, 15) is 13.6 Å². The number of nitrogens with one attached hydrogen (secondary N) is 2. The molecule has 0 spiro atoms. The van der Waals surface area contributed by atoms with Gasteiger partial charge in [-0.2, -0.15) is 5.10 Å². The summed E-state index contributed by atoms with van der Waals surface area (Å²) in [5.41, 5.74) is 3.56. The molecule has 1 saturated heterocycles. The summed E-state index contributed by atoms with van der Waals surface area (Å²) >= 11 is 0. The Bertz CT molecular complexity index is 1350. The van der Waals surface area contributed by atoms with Crippen LogP contribution in [0.15, 0.2) is 59.5 Å². The van der Waals surface area contributed by atoms with Crippen LogP contribution in [-0.4, -0.2) is 63.5 Å². The second kappa shape index (κ2) is 14.2. The van der Waals surface area contributed by atoms with Crippen LogP contribution in [0.5, 0.6) is 0 Å². The van der Waals surface area contributed by atoms with Gasteiger partial charge in [0.05, 0.1) is 11.2 Å². The number of likely N-dealkylation sites (tertiary alicyclic amines) is 1. The lowest BCUT2D eigenvalue weighted by molar-refractivity contribution is -0.118. The van der Waals surface area contributed by atoms with Gasteiger partial charge < -0.3 is 9.88 Å². The summed E-state index contributed by atoms with van der Waals surface area (Å²) < 4.78 is 30.7. The number of carbonyl (C=O) groups excluding carboxylic acids is 1. The van der Waals surface area contributed by atoms with E-state index in [1.54, 1.807) is 25.2 Å². The molecule has 1 aliphatic rings. The van der Waals surface area contributed by atoms with Crippen molar-refractivity contribution < 1.29 is 13.6 Å². The highest BCUT2D eigenvalue weighted by Crippen LogP contribution is 2.27. The normalized spacial score (nSPS) is 20.2. The summed E-state index contributed by atoms with van der Waals surface area (Å²) in [5, 5.41) is 10.6. The number of aromatic amines is 1.